The van der Waals surface area contributed by atoms with Crippen LogP contribution in [-0.4, -0.2) is 17.9 Å². The van der Waals surface area contributed by atoms with Crippen LogP contribution in [0.5, 0.6) is 5.75 Å². The summed E-state index contributed by atoms with van der Waals surface area (Å²) in [6.07, 6.45) is -5.06. The molecule has 0 aromatic heterocycles. The van der Waals surface area contributed by atoms with Crippen molar-refractivity contribution in [2.45, 2.75) is 25.6 Å². The standard InChI is InChI=1S/C11H12BrF3O2/c12-9-6-8(7-16)2-3-10(9)17-5-1-4-11(13,14)15/h2-3,6,16H,1,4-5,7H2. The van der Waals surface area contributed by atoms with Crippen LogP contribution in [0, 0.1) is 0 Å². The van der Waals surface area contributed by atoms with Gasteiger partial charge in [-0.2, -0.15) is 13.2 Å². The minimum atomic E-state index is -4.14. The molecule has 6 heteroatoms. The first-order valence-corrected chi connectivity index (χ1v) is 5.80. The quantitative estimate of drug-likeness (QED) is 0.841. The Morgan fingerprint density at radius 2 is 2.00 bits per heavy atom. The Labute approximate surface area is 106 Å². The number of rotatable bonds is 5. The molecule has 0 radical (unpaired) electrons. The molecular weight excluding hydrogens is 301 g/mol. The van der Waals surface area contributed by atoms with Crippen molar-refractivity contribution >= 4 is 15.9 Å². The molecule has 1 N–H and O–H groups in total. The smallest absolute Gasteiger partial charge is 0.389 e. The highest BCUT2D eigenvalue weighted by Crippen LogP contribution is 2.27. The van der Waals surface area contributed by atoms with Crippen LogP contribution in [0.2, 0.25) is 0 Å². The summed E-state index contributed by atoms with van der Waals surface area (Å²) in [6, 6.07) is 4.94. The number of halogens is 4. The highest BCUT2D eigenvalue weighted by Gasteiger charge is 2.26. The van der Waals surface area contributed by atoms with Crippen LogP contribution < -0.4 is 4.74 Å². The molecule has 0 amide bonds. The zero-order valence-corrected chi connectivity index (χ0v) is 10.5. The first-order chi connectivity index (χ1) is 7.92. The molecule has 0 fully saturated rings. The summed E-state index contributed by atoms with van der Waals surface area (Å²) < 4.78 is 41.4. The van der Waals surface area contributed by atoms with Crippen molar-refractivity contribution in [3.05, 3.63) is 28.2 Å². The Balaban J connectivity index is 2.42. The predicted octanol–water partition coefficient (Wildman–Crippen LogP) is 3.66. The van der Waals surface area contributed by atoms with E-state index in [1.54, 1.807) is 18.2 Å². The lowest BCUT2D eigenvalue weighted by Gasteiger charge is -2.10. The summed E-state index contributed by atoms with van der Waals surface area (Å²) in [4.78, 5) is 0. The van der Waals surface area contributed by atoms with Crippen LogP contribution in [-0.2, 0) is 6.61 Å². The van der Waals surface area contributed by atoms with Gasteiger partial charge in [-0.3, -0.25) is 0 Å². The molecule has 17 heavy (non-hydrogen) atoms. The minimum Gasteiger partial charge on any atom is -0.492 e. The number of alkyl halides is 3. The van der Waals surface area contributed by atoms with Gasteiger partial charge in [-0.05, 0) is 40.0 Å². The van der Waals surface area contributed by atoms with Gasteiger partial charge in [0.1, 0.15) is 5.75 Å². The molecule has 0 saturated heterocycles. The number of ether oxygens (including phenoxy) is 1. The molecule has 1 aromatic carbocycles. The summed E-state index contributed by atoms with van der Waals surface area (Å²) in [7, 11) is 0. The van der Waals surface area contributed by atoms with Gasteiger partial charge in [0.15, 0.2) is 0 Å². The van der Waals surface area contributed by atoms with E-state index >= 15 is 0 Å². The minimum absolute atomic E-state index is 0.0105. The van der Waals surface area contributed by atoms with Crippen LogP contribution in [0.25, 0.3) is 0 Å². The van der Waals surface area contributed by atoms with E-state index in [0.29, 0.717) is 15.8 Å². The SMILES string of the molecule is OCc1ccc(OCCCC(F)(F)F)c(Br)c1. The number of benzene rings is 1. The van der Waals surface area contributed by atoms with Gasteiger partial charge in [0.2, 0.25) is 0 Å². The molecule has 0 heterocycles. The van der Waals surface area contributed by atoms with Crippen molar-refractivity contribution < 1.29 is 23.0 Å². The molecule has 0 aliphatic heterocycles. The fourth-order valence-corrected chi connectivity index (χ4v) is 1.76. The Bertz CT molecular complexity index is 366. The van der Waals surface area contributed by atoms with Crippen LogP contribution in [0.15, 0.2) is 22.7 Å². The monoisotopic (exact) mass is 312 g/mol. The molecule has 96 valence electrons. The molecule has 1 rings (SSSR count). The van der Waals surface area contributed by atoms with E-state index in [-0.39, 0.29) is 19.6 Å². The van der Waals surface area contributed by atoms with E-state index in [1.807, 2.05) is 0 Å². The third kappa shape index (κ3) is 5.41. The van der Waals surface area contributed by atoms with Gasteiger partial charge in [0.25, 0.3) is 0 Å². The van der Waals surface area contributed by atoms with E-state index in [9.17, 15) is 13.2 Å². The van der Waals surface area contributed by atoms with E-state index < -0.39 is 12.6 Å². The van der Waals surface area contributed by atoms with Crippen molar-refractivity contribution in [3.8, 4) is 5.75 Å². The van der Waals surface area contributed by atoms with Gasteiger partial charge in [-0.25, -0.2) is 0 Å². The summed E-state index contributed by atoms with van der Waals surface area (Å²) in [5.74, 6) is 0.476. The number of hydrogen-bond donors (Lipinski definition) is 1. The topological polar surface area (TPSA) is 29.5 Å². The zero-order chi connectivity index (χ0) is 12.9. The molecule has 0 bridgehead atoms. The maximum Gasteiger partial charge on any atom is 0.389 e. The molecular formula is C11H12BrF3O2. The van der Waals surface area contributed by atoms with Crippen LogP contribution in [0.1, 0.15) is 18.4 Å². The van der Waals surface area contributed by atoms with Gasteiger partial charge < -0.3 is 9.84 Å². The van der Waals surface area contributed by atoms with Crippen LogP contribution in [0.4, 0.5) is 13.2 Å². The second-order valence-electron chi connectivity index (χ2n) is 3.49. The molecule has 0 aliphatic carbocycles. The summed E-state index contributed by atoms with van der Waals surface area (Å²) in [5, 5.41) is 8.87. The fourth-order valence-electron chi connectivity index (χ4n) is 1.21. The summed E-state index contributed by atoms with van der Waals surface area (Å²) in [6.45, 7) is -0.0798. The Morgan fingerprint density at radius 3 is 2.53 bits per heavy atom. The maximum atomic E-state index is 11.9. The second kappa shape index (κ2) is 6.26. The maximum absolute atomic E-state index is 11.9. The van der Waals surface area contributed by atoms with Gasteiger partial charge in [0, 0.05) is 6.42 Å². The van der Waals surface area contributed by atoms with Crippen molar-refractivity contribution in [1.29, 1.82) is 0 Å². The van der Waals surface area contributed by atoms with Gasteiger partial charge >= 0.3 is 6.18 Å². The van der Waals surface area contributed by atoms with Crippen LogP contribution >= 0.6 is 15.9 Å². The lowest BCUT2D eigenvalue weighted by molar-refractivity contribution is -0.136. The molecule has 0 aliphatic rings. The van der Waals surface area contributed by atoms with Gasteiger partial charge in [-0.1, -0.05) is 6.07 Å². The van der Waals surface area contributed by atoms with Gasteiger partial charge in [-0.15, -0.1) is 0 Å². The van der Waals surface area contributed by atoms with E-state index in [4.69, 9.17) is 9.84 Å². The largest absolute Gasteiger partial charge is 0.492 e. The fraction of sp³-hybridized carbons (Fsp3) is 0.455. The lowest BCUT2D eigenvalue weighted by atomic mass is 10.2. The van der Waals surface area contributed by atoms with Gasteiger partial charge in [0.05, 0.1) is 17.7 Å². The molecule has 0 spiro atoms. The first kappa shape index (κ1) is 14.3. The number of hydrogen-bond acceptors (Lipinski definition) is 2. The summed E-state index contributed by atoms with van der Waals surface area (Å²) >= 11 is 3.22. The highest BCUT2D eigenvalue weighted by atomic mass is 79.9. The molecule has 0 unspecified atom stereocenters. The zero-order valence-electron chi connectivity index (χ0n) is 8.93. The normalized spacial score (nSPS) is 11.6. The van der Waals surface area contributed by atoms with E-state index in [0.717, 1.165) is 0 Å². The molecule has 1 aromatic rings. The third-order valence-corrected chi connectivity index (χ3v) is 2.66. The van der Waals surface area contributed by atoms with E-state index in [2.05, 4.69) is 15.9 Å². The lowest BCUT2D eigenvalue weighted by Crippen LogP contribution is -2.09. The van der Waals surface area contributed by atoms with Crippen molar-refractivity contribution in [2.75, 3.05) is 6.61 Å². The second-order valence-corrected chi connectivity index (χ2v) is 4.34. The number of aliphatic hydroxyl groups excluding tert-OH is 1. The van der Waals surface area contributed by atoms with Crippen molar-refractivity contribution in [2.24, 2.45) is 0 Å². The van der Waals surface area contributed by atoms with Crippen molar-refractivity contribution in [1.82, 2.24) is 0 Å². The first-order valence-electron chi connectivity index (χ1n) is 5.01. The number of aliphatic hydroxyl groups is 1. The Morgan fingerprint density at radius 1 is 1.29 bits per heavy atom. The Hall–Kier alpha value is -0.750. The average Bonchev–Trinajstić information content (AvgIpc) is 2.24. The molecule has 0 saturated carbocycles. The van der Waals surface area contributed by atoms with E-state index in [1.165, 1.54) is 0 Å². The highest BCUT2D eigenvalue weighted by molar-refractivity contribution is 9.10. The molecule has 0 atom stereocenters. The predicted molar refractivity (Wildman–Crippen MR) is 60.8 cm³/mol. The average molecular weight is 313 g/mol. The van der Waals surface area contributed by atoms with Crippen LogP contribution in [0.3, 0.4) is 0 Å². The molecule has 2 nitrogen and oxygen atoms in total. The Kier molecular flexibility index (Phi) is 5.27. The summed E-state index contributed by atoms with van der Waals surface area (Å²) in [5.41, 5.74) is 0.708. The third-order valence-electron chi connectivity index (χ3n) is 2.04. The van der Waals surface area contributed by atoms with Crippen molar-refractivity contribution in [3.63, 3.8) is 0 Å².